The number of rotatable bonds is 3. The number of benzene rings is 1. The van der Waals surface area contributed by atoms with Gasteiger partial charge < -0.3 is 9.32 Å². The van der Waals surface area contributed by atoms with Crippen LogP contribution in [-0.4, -0.2) is 29.2 Å². The van der Waals surface area contributed by atoms with Crippen LogP contribution in [0.5, 0.6) is 0 Å². The van der Waals surface area contributed by atoms with Crippen molar-refractivity contribution in [3.05, 3.63) is 36.2 Å². The lowest BCUT2D eigenvalue weighted by Gasteiger charge is -2.03. The van der Waals surface area contributed by atoms with E-state index in [1.54, 1.807) is 0 Å². The molecule has 1 aromatic heterocycles. The molecule has 0 amide bonds. The smallest absolute Gasteiger partial charge is 0.247 e. The predicted molar refractivity (Wildman–Crippen MR) is 57.1 cm³/mol. The van der Waals surface area contributed by atoms with Crippen LogP contribution in [0, 0.1) is 0 Å². The Labute approximate surface area is 88.5 Å². The predicted octanol–water partition coefficient (Wildman–Crippen LogP) is 1.80. The number of hydrogen-bond acceptors (Lipinski definition) is 4. The van der Waals surface area contributed by atoms with Gasteiger partial charge in [-0.2, -0.15) is 0 Å². The van der Waals surface area contributed by atoms with Crippen molar-refractivity contribution in [2.75, 3.05) is 14.1 Å². The van der Waals surface area contributed by atoms with Crippen LogP contribution in [0.4, 0.5) is 0 Å². The first kappa shape index (κ1) is 9.86. The third kappa shape index (κ3) is 2.41. The Hall–Kier alpha value is -1.68. The van der Waals surface area contributed by atoms with Gasteiger partial charge in [-0.25, -0.2) is 0 Å². The van der Waals surface area contributed by atoms with Gasteiger partial charge in [0.05, 0.1) is 6.54 Å². The van der Waals surface area contributed by atoms with Gasteiger partial charge in [0.1, 0.15) is 0 Å². The van der Waals surface area contributed by atoms with Crippen LogP contribution in [0.3, 0.4) is 0 Å². The second-order valence-corrected chi connectivity index (χ2v) is 3.60. The maximum atomic E-state index is 5.52. The summed E-state index contributed by atoms with van der Waals surface area (Å²) in [5.74, 6) is 1.21. The summed E-state index contributed by atoms with van der Waals surface area (Å²) in [6.45, 7) is 0.667. The van der Waals surface area contributed by atoms with Crippen LogP contribution < -0.4 is 0 Å². The zero-order valence-electron chi connectivity index (χ0n) is 8.84. The first-order valence-electron chi connectivity index (χ1n) is 4.78. The second-order valence-electron chi connectivity index (χ2n) is 3.60. The highest BCUT2D eigenvalue weighted by molar-refractivity contribution is 5.51. The molecule has 0 aliphatic carbocycles. The van der Waals surface area contributed by atoms with Crippen molar-refractivity contribution in [3.63, 3.8) is 0 Å². The maximum Gasteiger partial charge on any atom is 0.247 e. The van der Waals surface area contributed by atoms with Gasteiger partial charge >= 0.3 is 0 Å². The van der Waals surface area contributed by atoms with Gasteiger partial charge in [-0.15, -0.1) is 10.2 Å². The van der Waals surface area contributed by atoms with Crippen LogP contribution >= 0.6 is 0 Å². The van der Waals surface area contributed by atoms with Crippen molar-refractivity contribution in [2.24, 2.45) is 0 Å². The highest BCUT2D eigenvalue weighted by Gasteiger charge is 2.07. The fourth-order valence-electron chi connectivity index (χ4n) is 1.29. The molecule has 78 valence electrons. The van der Waals surface area contributed by atoms with Gasteiger partial charge in [0, 0.05) is 5.56 Å². The molecule has 0 bridgehead atoms. The summed E-state index contributed by atoms with van der Waals surface area (Å²) >= 11 is 0. The zero-order chi connectivity index (χ0) is 10.7. The van der Waals surface area contributed by atoms with Crippen LogP contribution in [0.15, 0.2) is 34.7 Å². The summed E-state index contributed by atoms with van der Waals surface area (Å²) in [5, 5.41) is 7.97. The van der Waals surface area contributed by atoms with Gasteiger partial charge in [0.25, 0.3) is 0 Å². The molecule has 0 spiro atoms. The molecule has 0 radical (unpaired) electrons. The summed E-state index contributed by atoms with van der Waals surface area (Å²) < 4.78 is 5.52. The van der Waals surface area contributed by atoms with Crippen molar-refractivity contribution in [3.8, 4) is 11.5 Å². The van der Waals surface area contributed by atoms with Gasteiger partial charge in [-0.1, -0.05) is 18.2 Å². The van der Waals surface area contributed by atoms with E-state index in [9.17, 15) is 0 Å². The molecular formula is C11H13N3O. The third-order valence-corrected chi connectivity index (χ3v) is 1.94. The average Bonchev–Trinajstić information content (AvgIpc) is 2.67. The van der Waals surface area contributed by atoms with E-state index in [0.717, 1.165) is 5.56 Å². The fourth-order valence-corrected chi connectivity index (χ4v) is 1.29. The third-order valence-electron chi connectivity index (χ3n) is 1.94. The zero-order valence-corrected chi connectivity index (χ0v) is 8.84. The van der Waals surface area contributed by atoms with Crippen LogP contribution in [0.25, 0.3) is 11.5 Å². The Morgan fingerprint density at radius 3 is 2.53 bits per heavy atom. The molecule has 0 aliphatic heterocycles. The Kier molecular flexibility index (Phi) is 2.78. The molecule has 1 heterocycles. The molecule has 0 saturated heterocycles. The molecule has 1 aromatic carbocycles. The van der Waals surface area contributed by atoms with E-state index in [0.29, 0.717) is 18.3 Å². The average molecular weight is 203 g/mol. The Morgan fingerprint density at radius 2 is 1.87 bits per heavy atom. The van der Waals surface area contributed by atoms with Gasteiger partial charge in [0.15, 0.2) is 0 Å². The van der Waals surface area contributed by atoms with Crippen molar-refractivity contribution in [1.29, 1.82) is 0 Å². The van der Waals surface area contributed by atoms with Crippen molar-refractivity contribution >= 4 is 0 Å². The normalized spacial score (nSPS) is 10.9. The molecule has 0 unspecified atom stereocenters. The Morgan fingerprint density at radius 1 is 1.13 bits per heavy atom. The summed E-state index contributed by atoms with van der Waals surface area (Å²) in [7, 11) is 3.93. The van der Waals surface area contributed by atoms with Crippen molar-refractivity contribution in [2.45, 2.75) is 6.54 Å². The summed E-state index contributed by atoms with van der Waals surface area (Å²) in [5.41, 5.74) is 0.954. The molecule has 2 rings (SSSR count). The number of nitrogens with zero attached hydrogens (tertiary/aromatic N) is 3. The second kappa shape index (κ2) is 4.23. The number of hydrogen-bond donors (Lipinski definition) is 0. The van der Waals surface area contributed by atoms with E-state index >= 15 is 0 Å². The maximum absolute atomic E-state index is 5.52. The number of aromatic nitrogens is 2. The van der Waals surface area contributed by atoms with Crippen LogP contribution in [0.2, 0.25) is 0 Å². The van der Waals surface area contributed by atoms with E-state index in [-0.39, 0.29) is 0 Å². The minimum atomic E-state index is 0.576. The largest absolute Gasteiger partial charge is 0.419 e. The lowest BCUT2D eigenvalue weighted by atomic mass is 10.2. The van der Waals surface area contributed by atoms with E-state index in [1.165, 1.54) is 0 Å². The van der Waals surface area contributed by atoms with Crippen molar-refractivity contribution in [1.82, 2.24) is 15.1 Å². The highest BCUT2D eigenvalue weighted by Crippen LogP contribution is 2.16. The van der Waals surface area contributed by atoms with Crippen molar-refractivity contribution < 1.29 is 4.42 Å². The molecule has 0 N–H and O–H groups in total. The van der Waals surface area contributed by atoms with Crippen LogP contribution in [0.1, 0.15) is 5.89 Å². The lowest BCUT2D eigenvalue weighted by molar-refractivity contribution is 0.344. The molecule has 0 atom stereocenters. The minimum Gasteiger partial charge on any atom is -0.419 e. The van der Waals surface area contributed by atoms with E-state index in [2.05, 4.69) is 10.2 Å². The molecule has 0 saturated carbocycles. The highest BCUT2D eigenvalue weighted by atomic mass is 16.4. The molecule has 0 fully saturated rings. The summed E-state index contributed by atoms with van der Waals surface area (Å²) in [6.07, 6.45) is 0. The van der Waals surface area contributed by atoms with Gasteiger partial charge in [-0.05, 0) is 26.2 Å². The quantitative estimate of drug-likeness (QED) is 0.762. The Balaban J connectivity index is 2.21. The molecule has 15 heavy (non-hydrogen) atoms. The SMILES string of the molecule is CN(C)Cc1nnc(-c2ccccc2)o1. The summed E-state index contributed by atoms with van der Waals surface area (Å²) in [6, 6.07) is 9.76. The summed E-state index contributed by atoms with van der Waals surface area (Å²) in [4.78, 5) is 1.99. The van der Waals surface area contributed by atoms with Gasteiger partial charge in [-0.3, -0.25) is 0 Å². The van der Waals surface area contributed by atoms with Gasteiger partial charge in [0.2, 0.25) is 11.8 Å². The van der Waals surface area contributed by atoms with E-state index < -0.39 is 0 Å². The fraction of sp³-hybridized carbons (Fsp3) is 0.273. The molecule has 2 aromatic rings. The molecule has 4 heteroatoms. The minimum absolute atomic E-state index is 0.576. The molecule has 4 nitrogen and oxygen atoms in total. The van der Waals surface area contributed by atoms with Crippen LogP contribution in [-0.2, 0) is 6.54 Å². The molecular weight excluding hydrogens is 190 g/mol. The first-order valence-corrected chi connectivity index (χ1v) is 4.78. The lowest BCUT2D eigenvalue weighted by Crippen LogP contribution is -2.10. The Bertz CT molecular complexity index is 422. The first-order chi connectivity index (χ1) is 7.25. The van der Waals surface area contributed by atoms with E-state index in [1.807, 2.05) is 49.3 Å². The molecule has 0 aliphatic rings. The standard InChI is InChI=1S/C11H13N3O/c1-14(2)8-10-12-13-11(15-10)9-6-4-3-5-7-9/h3-7H,8H2,1-2H3. The van der Waals surface area contributed by atoms with E-state index in [4.69, 9.17) is 4.42 Å². The monoisotopic (exact) mass is 203 g/mol. The topological polar surface area (TPSA) is 42.2 Å².